The van der Waals surface area contributed by atoms with E-state index < -0.39 is 0 Å². The molecule has 0 unspecified atom stereocenters. The van der Waals surface area contributed by atoms with Crippen molar-refractivity contribution in [3.63, 3.8) is 0 Å². The van der Waals surface area contributed by atoms with Gasteiger partial charge in [-0.2, -0.15) is 0 Å². The van der Waals surface area contributed by atoms with Crippen molar-refractivity contribution in [2.45, 2.75) is 39.5 Å². The third-order valence-corrected chi connectivity index (χ3v) is 6.56. The maximum atomic E-state index is 12.8. The number of amides is 3. The quantitative estimate of drug-likeness (QED) is 0.578. The van der Waals surface area contributed by atoms with E-state index in [0.29, 0.717) is 18.1 Å². The van der Waals surface area contributed by atoms with Crippen LogP contribution in [-0.4, -0.2) is 40.1 Å². The second kappa shape index (κ2) is 9.48. The zero-order valence-corrected chi connectivity index (χ0v) is 19.3. The molecule has 32 heavy (non-hydrogen) atoms. The van der Waals surface area contributed by atoms with Gasteiger partial charge in [-0.15, -0.1) is 10.2 Å². The molecule has 1 fully saturated rings. The summed E-state index contributed by atoms with van der Waals surface area (Å²) in [6, 6.07) is 13.5. The zero-order chi connectivity index (χ0) is 22.7. The number of rotatable bonds is 4. The van der Waals surface area contributed by atoms with Crippen molar-refractivity contribution in [1.82, 2.24) is 15.1 Å². The lowest BCUT2D eigenvalue weighted by Gasteiger charge is -2.31. The fourth-order valence-electron chi connectivity index (χ4n) is 3.93. The van der Waals surface area contributed by atoms with Crippen LogP contribution in [0, 0.1) is 20.8 Å². The lowest BCUT2D eigenvalue weighted by atomic mass is 9.99. The molecule has 1 saturated heterocycles. The molecular weight excluding hydrogens is 422 g/mol. The fraction of sp³-hybridized carbons (Fsp3) is 0.333. The van der Waals surface area contributed by atoms with Gasteiger partial charge < -0.3 is 15.5 Å². The van der Waals surface area contributed by atoms with E-state index in [-0.39, 0.29) is 17.9 Å². The number of hydrogen-bond acceptors (Lipinski definition) is 5. The Hall–Kier alpha value is -3.26. The van der Waals surface area contributed by atoms with Crippen LogP contribution >= 0.6 is 11.3 Å². The number of nitrogens with zero attached hydrogens (tertiary/aromatic N) is 3. The minimum absolute atomic E-state index is 0.0761. The maximum Gasteiger partial charge on any atom is 0.321 e. The number of piperidine rings is 1. The van der Waals surface area contributed by atoms with Crippen LogP contribution in [0.2, 0.25) is 0 Å². The molecule has 4 rings (SSSR count). The number of nitrogens with one attached hydrogen (secondary N) is 2. The Morgan fingerprint density at radius 3 is 2.38 bits per heavy atom. The highest BCUT2D eigenvalue weighted by molar-refractivity contribution is 7.13. The average molecular weight is 450 g/mol. The van der Waals surface area contributed by atoms with E-state index in [1.807, 2.05) is 62.1 Å². The van der Waals surface area contributed by atoms with Gasteiger partial charge in [-0.05, 0) is 69.0 Å². The lowest BCUT2D eigenvalue weighted by Crippen LogP contribution is -2.41. The van der Waals surface area contributed by atoms with E-state index in [1.54, 1.807) is 0 Å². The van der Waals surface area contributed by atoms with Crippen LogP contribution in [0.25, 0.3) is 0 Å². The molecule has 166 valence electrons. The van der Waals surface area contributed by atoms with Gasteiger partial charge >= 0.3 is 6.03 Å². The van der Waals surface area contributed by atoms with Gasteiger partial charge in [0, 0.05) is 30.4 Å². The monoisotopic (exact) mass is 449 g/mol. The molecule has 1 aliphatic heterocycles. The van der Waals surface area contributed by atoms with Gasteiger partial charge in [-0.1, -0.05) is 35.1 Å². The van der Waals surface area contributed by atoms with Gasteiger partial charge in [-0.3, -0.25) is 4.79 Å². The van der Waals surface area contributed by atoms with E-state index >= 15 is 0 Å². The number of likely N-dealkylation sites (tertiary alicyclic amines) is 1. The van der Waals surface area contributed by atoms with E-state index in [9.17, 15) is 9.59 Å². The number of aryl methyl sites for hydroxylation is 3. The van der Waals surface area contributed by atoms with E-state index in [2.05, 4.69) is 26.9 Å². The Morgan fingerprint density at radius 2 is 1.66 bits per heavy atom. The molecule has 0 bridgehead atoms. The first-order valence-corrected chi connectivity index (χ1v) is 11.5. The van der Waals surface area contributed by atoms with Gasteiger partial charge in [0.15, 0.2) is 0 Å². The molecule has 0 saturated carbocycles. The van der Waals surface area contributed by atoms with Crippen LogP contribution in [-0.2, 0) is 0 Å². The fourth-order valence-corrected chi connectivity index (χ4v) is 4.79. The summed E-state index contributed by atoms with van der Waals surface area (Å²) in [6.07, 6.45) is 1.80. The van der Waals surface area contributed by atoms with Crippen molar-refractivity contribution in [3.05, 3.63) is 69.2 Å². The predicted octanol–water partition coefficient (Wildman–Crippen LogP) is 5.13. The third kappa shape index (κ3) is 5.31. The van der Waals surface area contributed by atoms with Crippen molar-refractivity contribution in [2.24, 2.45) is 0 Å². The molecule has 0 radical (unpaired) electrons. The minimum Gasteiger partial charge on any atom is -0.324 e. The van der Waals surface area contributed by atoms with Crippen LogP contribution in [0.15, 0.2) is 42.5 Å². The van der Waals surface area contributed by atoms with Crippen molar-refractivity contribution >= 4 is 34.6 Å². The summed E-state index contributed by atoms with van der Waals surface area (Å²) in [5, 5.41) is 15.4. The largest absolute Gasteiger partial charge is 0.324 e. The molecule has 1 aliphatic rings. The molecule has 2 aromatic carbocycles. The first kappa shape index (κ1) is 22.0. The summed E-state index contributed by atoms with van der Waals surface area (Å²) in [5.41, 5.74) is 4.89. The van der Waals surface area contributed by atoms with Gasteiger partial charge in [0.1, 0.15) is 5.01 Å². The molecule has 1 aromatic heterocycles. The van der Waals surface area contributed by atoms with Gasteiger partial charge in [0.25, 0.3) is 5.91 Å². The topological polar surface area (TPSA) is 87.2 Å². The molecular formula is C24H27N5O2S. The second-order valence-corrected chi connectivity index (χ2v) is 9.37. The van der Waals surface area contributed by atoms with Crippen LogP contribution in [0.4, 0.5) is 16.2 Å². The van der Waals surface area contributed by atoms with Crippen molar-refractivity contribution in [2.75, 3.05) is 23.7 Å². The number of hydrogen-bond donors (Lipinski definition) is 2. The lowest BCUT2D eigenvalue weighted by molar-refractivity contribution is 0.102. The van der Waals surface area contributed by atoms with E-state index in [0.717, 1.165) is 45.9 Å². The molecule has 1 atom stereocenters. The molecule has 3 aromatic rings. The number of carbonyl (C=O) groups is 2. The number of urea groups is 1. The Bertz CT molecular complexity index is 1110. The smallest absolute Gasteiger partial charge is 0.321 e. The van der Waals surface area contributed by atoms with Crippen LogP contribution in [0.5, 0.6) is 0 Å². The third-order valence-electron chi connectivity index (χ3n) is 5.48. The SMILES string of the molecule is Cc1ccc(NC(=O)c2nnc([C@@H]3CCCN(C(=O)Nc4cc(C)cc(C)c4)C3)s2)cc1. The van der Waals surface area contributed by atoms with Crippen LogP contribution < -0.4 is 10.6 Å². The molecule has 3 amide bonds. The highest BCUT2D eigenvalue weighted by Gasteiger charge is 2.28. The molecule has 0 spiro atoms. The Labute approximate surface area is 191 Å². The zero-order valence-electron chi connectivity index (χ0n) is 18.5. The maximum absolute atomic E-state index is 12.8. The van der Waals surface area contributed by atoms with Crippen LogP contribution in [0.3, 0.4) is 0 Å². The molecule has 8 heteroatoms. The predicted molar refractivity (Wildman–Crippen MR) is 128 cm³/mol. The average Bonchev–Trinajstić information content (AvgIpc) is 3.25. The number of carbonyl (C=O) groups excluding carboxylic acids is 2. The molecule has 0 aliphatic carbocycles. The van der Waals surface area contributed by atoms with Crippen LogP contribution in [0.1, 0.15) is 50.3 Å². The summed E-state index contributed by atoms with van der Waals surface area (Å²) >= 11 is 1.30. The second-order valence-electron chi connectivity index (χ2n) is 8.36. The standard InChI is InChI=1S/C24H27N5O2S/c1-15-6-8-19(9-7-15)25-21(30)23-28-27-22(32-23)18-5-4-10-29(14-18)24(31)26-20-12-16(2)11-17(3)13-20/h6-9,11-13,18H,4-5,10,14H2,1-3H3,(H,25,30)(H,26,31)/t18-/m1/s1. The summed E-state index contributed by atoms with van der Waals surface area (Å²) in [4.78, 5) is 27.2. The minimum atomic E-state index is -0.266. The van der Waals surface area contributed by atoms with Gasteiger partial charge in [-0.25, -0.2) is 4.79 Å². The van der Waals surface area contributed by atoms with E-state index in [1.165, 1.54) is 11.3 Å². The first-order valence-electron chi connectivity index (χ1n) is 10.7. The van der Waals surface area contributed by atoms with Crippen molar-refractivity contribution in [1.29, 1.82) is 0 Å². The Balaban J connectivity index is 1.39. The summed E-state index contributed by atoms with van der Waals surface area (Å²) in [6.45, 7) is 7.29. The van der Waals surface area contributed by atoms with Crippen molar-refractivity contribution in [3.8, 4) is 0 Å². The molecule has 2 N–H and O–H groups in total. The highest BCUT2D eigenvalue weighted by atomic mass is 32.1. The summed E-state index contributed by atoms with van der Waals surface area (Å²) < 4.78 is 0. The normalized spacial score (nSPS) is 16.0. The Morgan fingerprint density at radius 1 is 0.938 bits per heavy atom. The van der Waals surface area contributed by atoms with Gasteiger partial charge in [0.2, 0.25) is 5.01 Å². The van der Waals surface area contributed by atoms with Crippen molar-refractivity contribution < 1.29 is 9.59 Å². The Kier molecular flexibility index (Phi) is 6.50. The van der Waals surface area contributed by atoms with E-state index in [4.69, 9.17) is 0 Å². The number of aromatic nitrogens is 2. The molecule has 7 nitrogen and oxygen atoms in total. The highest BCUT2D eigenvalue weighted by Crippen LogP contribution is 2.30. The summed E-state index contributed by atoms with van der Waals surface area (Å²) in [7, 11) is 0. The molecule has 2 heterocycles. The van der Waals surface area contributed by atoms with Gasteiger partial charge in [0.05, 0.1) is 0 Å². The first-order chi connectivity index (χ1) is 15.4. The number of anilines is 2. The number of benzene rings is 2. The summed E-state index contributed by atoms with van der Waals surface area (Å²) in [5.74, 6) is -0.190.